The van der Waals surface area contributed by atoms with Crippen LogP contribution in [0.15, 0.2) is 22.7 Å². The maximum absolute atomic E-state index is 11.8. The molecule has 1 fully saturated rings. The first-order chi connectivity index (χ1) is 8.15. The molecule has 1 aromatic heterocycles. The number of thiazole rings is 1. The number of nitrogens with zero attached hydrogens (tertiary/aromatic N) is 1. The average Bonchev–Trinajstić information content (AvgIpc) is 3.03. The van der Waals surface area contributed by atoms with E-state index in [1.807, 2.05) is 18.2 Å². The molecule has 0 N–H and O–H groups in total. The molecule has 17 heavy (non-hydrogen) atoms. The topological polar surface area (TPSA) is 39.2 Å². The van der Waals surface area contributed by atoms with Crippen LogP contribution in [0.3, 0.4) is 0 Å². The summed E-state index contributed by atoms with van der Waals surface area (Å²) in [6.07, 6.45) is 1.70. The summed E-state index contributed by atoms with van der Waals surface area (Å²) in [6, 6.07) is 5.96. The van der Waals surface area contributed by atoms with E-state index in [-0.39, 0.29) is 5.97 Å². The Morgan fingerprint density at radius 2 is 2.29 bits per heavy atom. The maximum Gasteiger partial charge on any atom is 0.318 e. The Labute approximate surface area is 111 Å². The van der Waals surface area contributed by atoms with Crippen LogP contribution in [-0.4, -0.2) is 18.1 Å². The predicted molar refractivity (Wildman–Crippen MR) is 70.2 cm³/mol. The highest BCUT2D eigenvalue weighted by Gasteiger charge is 2.55. The summed E-state index contributed by atoms with van der Waals surface area (Å²) in [5.41, 5.74) is 0.494. The van der Waals surface area contributed by atoms with E-state index in [9.17, 15) is 4.79 Å². The molecule has 0 saturated heterocycles. The number of benzene rings is 1. The van der Waals surface area contributed by atoms with Crippen molar-refractivity contribution in [3.63, 3.8) is 0 Å². The lowest BCUT2D eigenvalue weighted by Gasteiger charge is -2.07. The van der Waals surface area contributed by atoms with Gasteiger partial charge in [0.05, 0.1) is 17.3 Å². The third-order valence-corrected chi connectivity index (χ3v) is 4.80. The van der Waals surface area contributed by atoms with E-state index in [1.54, 1.807) is 11.3 Å². The van der Waals surface area contributed by atoms with Crippen LogP contribution in [0.2, 0.25) is 0 Å². The van der Waals surface area contributed by atoms with Crippen LogP contribution in [0.1, 0.15) is 17.8 Å². The van der Waals surface area contributed by atoms with Gasteiger partial charge in [-0.05, 0) is 31.0 Å². The largest absolute Gasteiger partial charge is 0.468 e. The van der Waals surface area contributed by atoms with E-state index in [4.69, 9.17) is 4.74 Å². The Morgan fingerprint density at radius 3 is 2.94 bits per heavy atom. The van der Waals surface area contributed by atoms with Gasteiger partial charge in [-0.3, -0.25) is 4.79 Å². The Kier molecular flexibility index (Phi) is 2.48. The number of carbonyl (C=O) groups is 1. The molecule has 1 heterocycles. The summed E-state index contributed by atoms with van der Waals surface area (Å²) in [5.74, 6) is -0.157. The Morgan fingerprint density at radius 1 is 1.53 bits per heavy atom. The van der Waals surface area contributed by atoms with Gasteiger partial charge < -0.3 is 4.74 Å². The van der Waals surface area contributed by atoms with Gasteiger partial charge in [0.2, 0.25) is 0 Å². The smallest absolute Gasteiger partial charge is 0.318 e. The normalized spacial score (nSPS) is 17.1. The second-order valence-corrected chi connectivity index (χ2v) is 6.15. The first-order valence-corrected chi connectivity index (χ1v) is 6.92. The molecule has 2 aromatic rings. The molecule has 3 rings (SSSR count). The van der Waals surface area contributed by atoms with Crippen molar-refractivity contribution >= 4 is 43.5 Å². The van der Waals surface area contributed by atoms with E-state index in [1.165, 1.54) is 7.11 Å². The molecular weight excluding hydrogens is 302 g/mol. The molecule has 1 aliphatic carbocycles. The molecule has 1 aromatic carbocycles. The van der Waals surface area contributed by atoms with E-state index in [0.29, 0.717) is 0 Å². The number of esters is 1. The Balaban J connectivity index is 2.10. The van der Waals surface area contributed by atoms with Crippen LogP contribution in [0, 0.1) is 0 Å². The van der Waals surface area contributed by atoms with Crippen molar-refractivity contribution in [2.75, 3.05) is 7.11 Å². The zero-order chi connectivity index (χ0) is 12.0. The van der Waals surface area contributed by atoms with Crippen LogP contribution in [-0.2, 0) is 14.9 Å². The number of hydrogen-bond donors (Lipinski definition) is 0. The summed E-state index contributed by atoms with van der Waals surface area (Å²) < 4.78 is 7.00. The van der Waals surface area contributed by atoms with Gasteiger partial charge in [-0.15, -0.1) is 11.3 Å². The number of aromatic nitrogens is 1. The molecule has 0 unspecified atom stereocenters. The van der Waals surface area contributed by atoms with E-state index in [0.717, 1.165) is 32.5 Å². The van der Waals surface area contributed by atoms with Gasteiger partial charge in [-0.2, -0.15) is 0 Å². The molecule has 1 saturated carbocycles. The van der Waals surface area contributed by atoms with E-state index in [2.05, 4.69) is 20.9 Å². The predicted octanol–water partition coefficient (Wildman–Crippen LogP) is 3.26. The van der Waals surface area contributed by atoms with Crippen molar-refractivity contribution in [3.8, 4) is 0 Å². The first-order valence-electron chi connectivity index (χ1n) is 5.31. The number of halogens is 1. The van der Waals surface area contributed by atoms with Crippen LogP contribution in [0.25, 0.3) is 10.2 Å². The molecular formula is C12H10BrNO2S. The zero-order valence-corrected chi connectivity index (χ0v) is 11.6. The SMILES string of the molecule is COC(=O)C1(c2nc3ccc(Br)cc3s2)CC1. The fourth-order valence-corrected chi connectivity index (χ4v) is 3.68. The lowest BCUT2D eigenvalue weighted by molar-refractivity contribution is -0.143. The first kappa shape index (κ1) is 11.2. The third-order valence-electron chi connectivity index (χ3n) is 3.09. The second-order valence-electron chi connectivity index (χ2n) is 4.20. The average molecular weight is 312 g/mol. The molecule has 0 radical (unpaired) electrons. The number of rotatable bonds is 2. The highest BCUT2D eigenvalue weighted by molar-refractivity contribution is 9.10. The molecule has 0 amide bonds. The molecule has 0 bridgehead atoms. The quantitative estimate of drug-likeness (QED) is 0.799. The number of hydrogen-bond acceptors (Lipinski definition) is 4. The number of ether oxygens (including phenoxy) is 1. The molecule has 1 aliphatic rings. The van der Waals surface area contributed by atoms with Gasteiger partial charge in [0.15, 0.2) is 0 Å². The summed E-state index contributed by atoms with van der Waals surface area (Å²) in [7, 11) is 1.44. The molecule has 3 nitrogen and oxygen atoms in total. The molecule has 0 aliphatic heterocycles. The Hall–Kier alpha value is -0.940. The lowest BCUT2D eigenvalue weighted by Crippen LogP contribution is -2.21. The van der Waals surface area contributed by atoms with Gasteiger partial charge in [0.1, 0.15) is 10.4 Å². The Bertz CT molecular complexity index is 604. The maximum atomic E-state index is 11.8. The zero-order valence-electron chi connectivity index (χ0n) is 9.20. The third kappa shape index (κ3) is 1.68. The van der Waals surface area contributed by atoms with Crippen molar-refractivity contribution in [1.29, 1.82) is 0 Å². The molecule has 0 spiro atoms. The monoisotopic (exact) mass is 311 g/mol. The molecule has 5 heteroatoms. The molecule has 88 valence electrons. The minimum Gasteiger partial charge on any atom is -0.468 e. The number of carbonyl (C=O) groups excluding carboxylic acids is 1. The van der Waals surface area contributed by atoms with E-state index < -0.39 is 5.41 Å². The van der Waals surface area contributed by atoms with Gasteiger partial charge in [0.25, 0.3) is 0 Å². The highest BCUT2D eigenvalue weighted by Crippen LogP contribution is 2.51. The van der Waals surface area contributed by atoms with Crippen LogP contribution in [0.4, 0.5) is 0 Å². The van der Waals surface area contributed by atoms with Crippen LogP contribution in [0.5, 0.6) is 0 Å². The number of methoxy groups -OCH3 is 1. The fraction of sp³-hybridized carbons (Fsp3) is 0.333. The van der Waals surface area contributed by atoms with Gasteiger partial charge in [-0.25, -0.2) is 4.98 Å². The van der Waals surface area contributed by atoms with Gasteiger partial charge in [-0.1, -0.05) is 15.9 Å². The molecule has 0 atom stereocenters. The van der Waals surface area contributed by atoms with Crippen LogP contribution < -0.4 is 0 Å². The second kappa shape index (κ2) is 3.78. The standard InChI is InChI=1S/C12H10BrNO2S/c1-16-11(15)12(4-5-12)10-14-8-3-2-7(13)6-9(8)17-10/h2-3,6H,4-5H2,1H3. The van der Waals surface area contributed by atoms with Crippen molar-refractivity contribution in [3.05, 3.63) is 27.7 Å². The van der Waals surface area contributed by atoms with Crippen molar-refractivity contribution in [2.24, 2.45) is 0 Å². The minimum absolute atomic E-state index is 0.157. The van der Waals surface area contributed by atoms with Crippen molar-refractivity contribution < 1.29 is 9.53 Å². The van der Waals surface area contributed by atoms with Gasteiger partial charge in [0, 0.05) is 4.47 Å². The van der Waals surface area contributed by atoms with Crippen LogP contribution >= 0.6 is 27.3 Å². The minimum atomic E-state index is -0.453. The summed E-state index contributed by atoms with van der Waals surface area (Å²) in [6.45, 7) is 0. The fourth-order valence-electron chi connectivity index (χ4n) is 1.93. The summed E-state index contributed by atoms with van der Waals surface area (Å²) >= 11 is 5.02. The van der Waals surface area contributed by atoms with Gasteiger partial charge >= 0.3 is 5.97 Å². The number of fused-ring (bicyclic) bond motifs is 1. The van der Waals surface area contributed by atoms with Crippen molar-refractivity contribution in [1.82, 2.24) is 4.98 Å². The lowest BCUT2D eigenvalue weighted by atomic mass is 10.1. The summed E-state index contributed by atoms with van der Waals surface area (Å²) in [5, 5.41) is 0.887. The summed E-state index contributed by atoms with van der Waals surface area (Å²) in [4.78, 5) is 16.3. The van der Waals surface area contributed by atoms with Crippen molar-refractivity contribution in [2.45, 2.75) is 18.3 Å². The highest BCUT2D eigenvalue weighted by atomic mass is 79.9. The van der Waals surface area contributed by atoms with E-state index >= 15 is 0 Å².